The van der Waals surface area contributed by atoms with Gasteiger partial charge in [0.25, 0.3) is 0 Å². The number of hydrogen-bond acceptors (Lipinski definition) is 3. The van der Waals surface area contributed by atoms with Gasteiger partial charge in [0.05, 0.1) is 11.6 Å². The topological polar surface area (TPSA) is 63.4 Å². The summed E-state index contributed by atoms with van der Waals surface area (Å²) in [6, 6.07) is 4.78. The van der Waals surface area contributed by atoms with Gasteiger partial charge in [0, 0.05) is 18.2 Å². The van der Waals surface area contributed by atoms with Crippen molar-refractivity contribution in [1.82, 2.24) is 4.31 Å². The second kappa shape index (κ2) is 6.80. The molecule has 1 saturated heterocycles. The van der Waals surface area contributed by atoms with Crippen LogP contribution in [0.25, 0.3) is 0 Å². The third kappa shape index (κ3) is 3.58. The van der Waals surface area contributed by atoms with E-state index in [1.165, 1.54) is 6.07 Å². The Morgan fingerprint density at radius 1 is 1.43 bits per heavy atom. The second-order valence-electron chi connectivity index (χ2n) is 5.11. The Morgan fingerprint density at radius 3 is 2.81 bits per heavy atom. The van der Waals surface area contributed by atoms with Crippen LogP contribution >= 0.6 is 11.6 Å². The lowest BCUT2D eigenvalue weighted by Gasteiger charge is -2.32. The van der Waals surface area contributed by atoms with E-state index in [2.05, 4.69) is 11.8 Å². The van der Waals surface area contributed by atoms with Crippen molar-refractivity contribution in [1.29, 1.82) is 0 Å². The van der Waals surface area contributed by atoms with E-state index in [0.29, 0.717) is 12.1 Å². The summed E-state index contributed by atoms with van der Waals surface area (Å²) in [6.45, 7) is 2.74. The van der Waals surface area contributed by atoms with Gasteiger partial charge in [-0.15, -0.1) is 0 Å². The lowest BCUT2D eigenvalue weighted by Crippen LogP contribution is -2.42. The smallest absolute Gasteiger partial charge is 0.244 e. The van der Waals surface area contributed by atoms with Crippen LogP contribution in [0.1, 0.15) is 31.7 Å². The van der Waals surface area contributed by atoms with Crippen molar-refractivity contribution in [2.45, 2.75) is 37.1 Å². The molecule has 6 heteroatoms. The van der Waals surface area contributed by atoms with Crippen molar-refractivity contribution in [2.75, 3.05) is 13.1 Å². The first kappa shape index (κ1) is 16.3. The quantitative estimate of drug-likeness (QED) is 0.848. The van der Waals surface area contributed by atoms with Gasteiger partial charge in [-0.25, -0.2) is 8.42 Å². The summed E-state index contributed by atoms with van der Waals surface area (Å²) in [5.41, 5.74) is 5.98. The molecular formula is C15H19ClN2O2S. The number of sulfonamides is 1. The highest BCUT2D eigenvalue weighted by atomic mass is 35.5. The molecule has 1 aliphatic rings. The molecule has 114 valence electrons. The fourth-order valence-corrected chi connectivity index (χ4v) is 4.72. The number of benzene rings is 1. The lowest BCUT2D eigenvalue weighted by molar-refractivity contribution is 0.268. The van der Waals surface area contributed by atoms with Gasteiger partial charge < -0.3 is 5.73 Å². The lowest BCUT2D eigenvalue weighted by atomic mass is 10.1. The summed E-state index contributed by atoms with van der Waals surface area (Å²) < 4.78 is 27.0. The number of halogens is 1. The Hall–Kier alpha value is -1.06. The predicted molar refractivity (Wildman–Crippen MR) is 84.6 cm³/mol. The Labute approximate surface area is 131 Å². The monoisotopic (exact) mass is 326 g/mol. The zero-order valence-electron chi connectivity index (χ0n) is 12.0. The van der Waals surface area contributed by atoms with Crippen LogP contribution in [-0.2, 0) is 10.0 Å². The van der Waals surface area contributed by atoms with Crippen LogP contribution in [0.4, 0.5) is 0 Å². The van der Waals surface area contributed by atoms with Crippen molar-refractivity contribution in [3.8, 4) is 11.8 Å². The standard InChI is InChI=1S/C15H19ClN2O2S/c1-12-5-2-3-10-18(12)21(19,20)15-8-7-13(6-4-9-17)11-14(15)16/h7-8,11-12H,2-3,5,9-10,17H2,1H3. The fourth-order valence-electron chi connectivity index (χ4n) is 2.50. The third-order valence-electron chi connectivity index (χ3n) is 3.60. The highest BCUT2D eigenvalue weighted by Gasteiger charge is 2.32. The average Bonchev–Trinajstić information content (AvgIpc) is 2.45. The predicted octanol–water partition coefficient (Wildman–Crippen LogP) is 2.21. The van der Waals surface area contributed by atoms with Crippen LogP contribution in [-0.4, -0.2) is 31.9 Å². The Bertz CT molecular complexity index is 677. The van der Waals surface area contributed by atoms with E-state index in [0.717, 1.165) is 19.3 Å². The molecule has 4 nitrogen and oxygen atoms in total. The number of piperidine rings is 1. The first-order valence-electron chi connectivity index (χ1n) is 6.97. The van der Waals surface area contributed by atoms with E-state index >= 15 is 0 Å². The molecule has 0 spiro atoms. The first-order chi connectivity index (χ1) is 9.96. The maximum atomic E-state index is 12.7. The van der Waals surface area contributed by atoms with Crippen LogP contribution in [0.5, 0.6) is 0 Å². The molecule has 1 aromatic rings. The number of hydrogen-bond donors (Lipinski definition) is 1. The zero-order valence-corrected chi connectivity index (χ0v) is 13.5. The molecule has 1 atom stereocenters. The molecule has 0 aromatic heterocycles. The van der Waals surface area contributed by atoms with Crippen molar-refractivity contribution >= 4 is 21.6 Å². The number of nitrogens with zero attached hydrogens (tertiary/aromatic N) is 1. The fraction of sp³-hybridized carbons (Fsp3) is 0.467. The highest BCUT2D eigenvalue weighted by Crippen LogP contribution is 2.29. The molecule has 2 rings (SSSR count). The maximum Gasteiger partial charge on any atom is 0.244 e. The minimum Gasteiger partial charge on any atom is -0.320 e. The van der Waals surface area contributed by atoms with E-state index in [1.807, 2.05) is 6.92 Å². The molecule has 1 fully saturated rings. The van der Waals surface area contributed by atoms with Gasteiger partial charge >= 0.3 is 0 Å². The molecule has 0 saturated carbocycles. The summed E-state index contributed by atoms with van der Waals surface area (Å²) in [5.74, 6) is 5.56. The van der Waals surface area contributed by atoms with E-state index in [4.69, 9.17) is 17.3 Å². The molecule has 1 aromatic carbocycles. The van der Waals surface area contributed by atoms with Gasteiger partial charge in [0.1, 0.15) is 4.90 Å². The Kier molecular flexibility index (Phi) is 5.28. The van der Waals surface area contributed by atoms with Gasteiger partial charge in [-0.3, -0.25) is 0 Å². The molecule has 0 bridgehead atoms. The molecule has 0 radical (unpaired) electrons. The molecule has 0 amide bonds. The molecule has 1 unspecified atom stereocenters. The van der Waals surface area contributed by atoms with Gasteiger partial charge in [-0.05, 0) is 38.0 Å². The molecule has 1 heterocycles. The van der Waals surface area contributed by atoms with E-state index in [1.54, 1.807) is 16.4 Å². The van der Waals surface area contributed by atoms with Crippen molar-refractivity contribution in [2.24, 2.45) is 5.73 Å². The minimum absolute atomic E-state index is 0.0107. The van der Waals surface area contributed by atoms with Crippen molar-refractivity contribution in [3.63, 3.8) is 0 Å². The van der Waals surface area contributed by atoms with Gasteiger partial charge in [-0.1, -0.05) is 29.9 Å². The summed E-state index contributed by atoms with van der Waals surface area (Å²) >= 11 is 6.15. The third-order valence-corrected chi connectivity index (χ3v) is 6.09. The van der Waals surface area contributed by atoms with E-state index in [-0.39, 0.29) is 22.5 Å². The summed E-state index contributed by atoms with van der Waals surface area (Å²) in [4.78, 5) is 0.149. The van der Waals surface area contributed by atoms with Gasteiger partial charge in [-0.2, -0.15) is 4.31 Å². The zero-order chi connectivity index (χ0) is 15.5. The summed E-state index contributed by atoms with van der Waals surface area (Å²) in [6.07, 6.45) is 2.84. The molecule has 0 aliphatic carbocycles. The maximum absolute atomic E-state index is 12.7. The molecule has 21 heavy (non-hydrogen) atoms. The van der Waals surface area contributed by atoms with Crippen LogP contribution < -0.4 is 5.73 Å². The molecular weight excluding hydrogens is 308 g/mol. The molecule has 2 N–H and O–H groups in total. The SMILES string of the molecule is CC1CCCCN1S(=O)(=O)c1ccc(C#CCN)cc1Cl. The largest absolute Gasteiger partial charge is 0.320 e. The van der Waals surface area contributed by atoms with E-state index in [9.17, 15) is 8.42 Å². The van der Waals surface area contributed by atoms with Crippen molar-refractivity contribution < 1.29 is 8.42 Å². The van der Waals surface area contributed by atoms with Gasteiger partial charge in [0.15, 0.2) is 0 Å². The van der Waals surface area contributed by atoms with Crippen LogP contribution in [0, 0.1) is 11.8 Å². The average molecular weight is 327 g/mol. The van der Waals surface area contributed by atoms with Gasteiger partial charge in [0.2, 0.25) is 10.0 Å². The first-order valence-corrected chi connectivity index (χ1v) is 8.79. The summed E-state index contributed by atoms with van der Waals surface area (Å²) in [7, 11) is -3.55. The minimum atomic E-state index is -3.55. The van der Waals surface area contributed by atoms with Crippen molar-refractivity contribution in [3.05, 3.63) is 28.8 Å². The Balaban J connectivity index is 2.36. The van der Waals surface area contributed by atoms with Crippen LogP contribution in [0.2, 0.25) is 5.02 Å². The Morgan fingerprint density at radius 2 is 2.19 bits per heavy atom. The highest BCUT2D eigenvalue weighted by molar-refractivity contribution is 7.89. The van der Waals surface area contributed by atoms with Crippen LogP contribution in [0.15, 0.2) is 23.1 Å². The number of nitrogens with two attached hydrogens (primary N) is 1. The van der Waals surface area contributed by atoms with E-state index < -0.39 is 10.0 Å². The number of rotatable bonds is 2. The summed E-state index contributed by atoms with van der Waals surface area (Å²) in [5, 5.41) is 0.205. The molecule has 1 aliphatic heterocycles. The van der Waals surface area contributed by atoms with Crippen LogP contribution in [0.3, 0.4) is 0 Å². The second-order valence-corrected chi connectivity index (χ2v) is 7.38. The normalized spacial score (nSPS) is 19.9.